The summed E-state index contributed by atoms with van der Waals surface area (Å²) in [6.45, 7) is 6.02. The summed E-state index contributed by atoms with van der Waals surface area (Å²) < 4.78 is 0. The third kappa shape index (κ3) is 8.61. The maximum atomic E-state index is 12.1. The molecule has 0 aromatic carbocycles. The minimum absolute atomic E-state index is 0.0575. The highest BCUT2D eigenvalue weighted by molar-refractivity contribution is 5.89. The van der Waals surface area contributed by atoms with Crippen molar-refractivity contribution in [3.8, 4) is 0 Å². The number of hydrogen-bond donors (Lipinski definition) is 4. The Balaban J connectivity index is 4.54. The quantitative estimate of drug-likeness (QED) is 0.416. The lowest BCUT2D eigenvalue weighted by atomic mass is 9.95. The van der Waals surface area contributed by atoms with E-state index in [1.165, 1.54) is 0 Å². The first kappa shape index (κ1) is 20.4. The third-order valence-electron chi connectivity index (χ3n) is 3.67. The van der Waals surface area contributed by atoms with Gasteiger partial charge in [0.05, 0.1) is 6.04 Å². The molecular weight excluding hydrogens is 286 g/mol. The van der Waals surface area contributed by atoms with Crippen molar-refractivity contribution in [2.24, 2.45) is 17.6 Å². The zero-order valence-electron chi connectivity index (χ0n) is 13.7. The molecule has 0 aliphatic carbocycles. The van der Waals surface area contributed by atoms with Crippen molar-refractivity contribution in [2.75, 3.05) is 13.2 Å². The highest BCUT2D eigenvalue weighted by Gasteiger charge is 2.24. The number of nitrogens with one attached hydrogen (secondary N) is 2. The molecule has 128 valence electrons. The highest BCUT2D eigenvalue weighted by atomic mass is 16.3. The highest BCUT2D eigenvalue weighted by Crippen LogP contribution is 2.11. The first-order chi connectivity index (χ1) is 10.3. The predicted octanol–water partition coefficient (Wildman–Crippen LogP) is 0.553. The number of carbonyl (C=O) groups excluding carboxylic acids is 3. The molecule has 0 fully saturated rings. The minimum atomic E-state index is -0.611. The van der Waals surface area contributed by atoms with E-state index in [-0.39, 0.29) is 36.6 Å². The standard InChI is InChI=1S/C15H29N3O4/c1-10(2)11(3)14(21)18-12(13(20)7-5-9-19)6-4-8-17-15(16)22/h10-12,19H,4-9H2,1-3H3,(H,18,21)(H3,16,17,22). The Labute approximate surface area is 132 Å². The Bertz CT molecular complexity index is 372. The van der Waals surface area contributed by atoms with Crippen LogP contribution in [0.5, 0.6) is 0 Å². The minimum Gasteiger partial charge on any atom is -0.396 e. The molecule has 2 unspecified atom stereocenters. The van der Waals surface area contributed by atoms with E-state index < -0.39 is 12.1 Å². The average Bonchev–Trinajstić information content (AvgIpc) is 2.46. The normalized spacial score (nSPS) is 13.5. The smallest absolute Gasteiger partial charge is 0.312 e. The van der Waals surface area contributed by atoms with Crippen LogP contribution in [0.3, 0.4) is 0 Å². The Morgan fingerprint density at radius 1 is 1.14 bits per heavy atom. The van der Waals surface area contributed by atoms with Crippen molar-refractivity contribution in [3.05, 3.63) is 0 Å². The zero-order chi connectivity index (χ0) is 17.1. The number of urea groups is 1. The van der Waals surface area contributed by atoms with E-state index in [1.54, 1.807) is 0 Å². The summed E-state index contributed by atoms with van der Waals surface area (Å²) >= 11 is 0. The second-order valence-corrected chi connectivity index (χ2v) is 5.82. The lowest BCUT2D eigenvalue weighted by Crippen LogP contribution is -2.44. The predicted molar refractivity (Wildman–Crippen MR) is 84.1 cm³/mol. The van der Waals surface area contributed by atoms with Crippen LogP contribution in [0.2, 0.25) is 0 Å². The Hall–Kier alpha value is -1.63. The fraction of sp³-hybridized carbons (Fsp3) is 0.800. The molecule has 3 amide bonds. The third-order valence-corrected chi connectivity index (χ3v) is 3.67. The number of Topliss-reactive ketones (excluding diaryl/α,β-unsaturated/α-hetero) is 1. The van der Waals surface area contributed by atoms with Crippen molar-refractivity contribution >= 4 is 17.7 Å². The monoisotopic (exact) mass is 315 g/mol. The Morgan fingerprint density at radius 2 is 1.77 bits per heavy atom. The molecule has 7 heteroatoms. The lowest BCUT2D eigenvalue weighted by Gasteiger charge is -2.22. The molecular formula is C15H29N3O4. The largest absolute Gasteiger partial charge is 0.396 e. The molecule has 7 nitrogen and oxygen atoms in total. The first-order valence-electron chi connectivity index (χ1n) is 7.76. The van der Waals surface area contributed by atoms with E-state index in [1.807, 2.05) is 20.8 Å². The van der Waals surface area contributed by atoms with E-state index in [0.29, 0.717) is 25.8 Å². The number of primary amides is 1. The summed E-state index contributed by atoms with van der Waals surface area (Å²) in [5.74, 6) is -0.251. The molecule has 0 saturated carbocycles. The first-order valence-corrected chi connectivity index (χ1v) is 7.76. The number of nitrogens with two attached hydrogens (primary N) is 1. The molecule has 0 aliphatic heterocycles. The molecule has 0 heterocycles. The molecule has 0 aromatic heterocycles. The number of aliphatic hydroxyl groups is 1. The zero-order valence-corrected chi connectivity index (χ0v) is 13.7. The van der Waals surface area contributed by atoms with Crippen LogP contribution < -0.4 is 16.4 Å². The fourth-order valence-electron chi connectivity index (χ4n) is 1.86. The second-order valence-electron chi connectivity index (χ2n) is 5.82. The number of carbonyl (C=O) groups is 3. The molecule has 2 atom stereocenters. The van der Waals surface area contributed by atoms with Crippen LogP contribution in [0.4, 0.5) is 4.79 Å². The van der Waals surface area contributed by atoms with Crippen molar-refractivity contribution in [2.45, 2.75) is 52.5 Å². The van der Waals surface area contributed by atoms with E-state index in [2.05, 4.69) is 10.6 Å². The van der Waals surface area contributed by atoms with Crippen molar-refractivity contribution in [3.63, 3.8) is 0 Å². The number of rotatable bonds is 11. The maximum absolute atomic E-state index is 12.1. The van der Waals surface area contributed by atoms with Gasteiger partial charge in [-0.2, -0.15) is 0 Å². The van der Waals surface area contributed by atoms with Gasteiger partial charge in [0.15, 0.2) is 5.78 Å². The number of amides is 3. The molecule has 0 spiro atoms. The summed E-state index contributed by atoms with van der Waals surface area (Å²) in [5, 5.41) is 14.0. The SMILES string of the molecule is CC(C)C(C)C(=O)NC(CCCNC(N)=O)C(=O)CCCO. The Morgan fingerprint density at radius 3 is 2.27 bits per heavy atom. The molecule has 0 aromatic rings. The summed E-state index contributed by atoms with van der Waals surface area (Å²) in [4.78, 5) is 34.8. The van der Waals surface area contributed by atoms with Crippen LogP contribution in [0.1, 0.15) is 46.5 Å². The topological polar surface area (TPSA) is 122 Å². The Kier molecular flexibility index (Phi) is 10.2. The van der Waals surface area contributed by atoms with Crippen LogP contribution in [-0.2, 0) is 9.59 Å². The van der Waals surface area contributed by atoms with Gasteiger partial charge in [0.1, 0.15) is 0 Å². The second kappa shape index (κ2) is 11.0. The average molecular weight is 315 g/mol. The van der Waals surface area contributed by atoms with E-state index in [0.717, 1.165) is 0 Å². The van der Waals surface area contributed by atoms with E-state index in [9.17, 15) is 14.4 Å². The number of aliphatic hydroxyl groups excluding tert-OH is 1. The van der Waals surface area contributed by atoms with Gasteiger partial charge in [0.2, 0.25) is 5.91 Å². The number of hydrogen-bond acceptors (Lipinski definition) is 4. The van der Waals surface area contributed by atoms with E-state index >= 15 is 0 Å². The van der Waals surface area contributed by atoms with Gasteiger partial charge in [0, 0.05) is 25.5 Å². The van der Waals surface area contributed by atoms with Gasteiger partial charge in [-0.25, -0.2) is 4.79 Å². The fourth-order valence-corrected chi connectivity index (χ4v) is 1.86. The van der Waals surface area contributed by atoms with Gasteiger partial charge in [-0.3, -0.25) is 9.59 Å². The van der Waals surface area contributed by atoms with Gasteiger partial charge in [-0.15, -0.1) is 0 Å². The summed E-state index contributed by atoms with van der Waals surface area (Å²) in [5.41, 5.74) is 4.97. The van der Waals surface area contributed by atoms with Crippen molar-refractivity contribution in [1.82, 2.24) is 10.6 Å². The van der Waals surface area contributed by atoms with Gasteiger partial charge >= 0.3 is 6.03 Å². The van der Waals surface area contributed by atoms with Crippen LogP contribution in [0.25, 0.3) is 0 Å². The summed E-state index contributed by atoms with van der Waals surface area (Å²) in [7, 11) is 0. The van der Waals surface area contributed by atoms with Gasteiger partial charge < -0.3 is 21.5 Å². The van der Waals surface area contributed by atoms with Crippen LogP contribution in [-0.4, -0.2) is 42.0 Å². The maximum Gasteiger partial charge on any atom is 0.312 e. The molecule has 0 rings (SSSR count). The molecule has 5 N–H and O–H groups in total. The molecule has 0 saturated heterocycles. The van der Waals surface area contributed by atoms with Gasteiger partial charge in [0.25, 0.3) is 0 Å². The van der Waals surface area contributed by atoms with Gasteiger partial charge in [-0.1, -0.05) is 20.8 Å². The lowest BCUT2D eigenvalue weighted by molar-refractivity contribution is -0.131. The van der Waals surface area contributed by atoms with Crippen LogP contribution >= 0.6 is 0 Å². The van der Waals surface area contributed by atoms with Crippen molar-refractivity contribution in [1.29, 1.82) is 0 Å². The van der Waals surface area contributed by atoms with Gasteiger partial charge in [-0.05, 0) is 25.2 Å². The summed E-state index contributed by atoms with van der Waals surface area (Å²) in [6.07, 6.45) is 1.57. The van der Waals surface area contributed by atoms with Crippen LogP contribution in [0.15, 0.2) is 0 Å². The molecule has 0 bridgehead atoms. The van der Waals surface area contributed by atoms with Crippen LogP contribution in [0, 0.1) is 11.8 Å². The number of ketones is 1. The van der Waals surface area contributed by atoms with Crippen molar-refractivity contribution < 1.29 is 19.5 Å². The van der Waals surface area contributed by atoms with E-state index in [4.69, 9.17) is 10.8 Å². The molecule has 0 aliphatic rings. The molecule has 0 radical (unpaired) electrons. The summed E-state index contributed by atoms with van der Waals surface area (Å²) in [6, 6.07) is -1.20. The molecule has 22 heavy (non-hydrogen) atoms.